The number of carbonyl (C=O) groups excluding carboxylic acids is 1. The number of hydrogen-bond donors (Lipinski definition) is 1. The summed E-state index contributed by atoms with van der Waals surface area (Å²) < 4.78 is 0. The molecule has 60 valence electrons. The lowest BCUT2D eigenvalue weighted by molar-refractivity contribution is 0.0993. The van der Waals surface area contributed by atoms with E-state index in [1.54, 1.807) is 31.3 Å². The van der Waals surface area contributed by atoms with Crippen molar-refractivity contribution in [3.8, 4) is 0 Å². The van der Waals surface area contributed by atoms with Gasteiger partial charge in [0.25, 0.3) is 0 Å². The van der Waals surface area contributed by atoms with E-state index in [1.165, 1.54) is 0 Å². The minimum atomic E-state index is 0.0810. The molecule has 0 aromatic heterocycles. The number of benzene rings is 1. The summed E-state index contributed by atoms with van der Waals surface area (Å²) >= 11 is 0. The summed E-state index contributed by atoms with van der Waals surface area (Å²) in [5.41, 5.74) is 1.37. The molecule has 1 aromatic rings. The summed E-state index contributed by atoms with van der Waals surface area (Å²) in [6.07, 6.45) is 0. The molecule has 0 spiro atoms. The van der Waals surface area contributed by atoms with Gasteiger partial charge in [-0.3, -0.25) is 4.79 Å². The van der Waals surface area contributed by atoms with Crippen molar-refractivity contribution in [3.05, 3.63) is 29.8 Å². The number of Topliss-reactive ketones (excluding diaryl/α,β-unsaturated/α-hetero) is 1. The molecule has 1 aromatic carbocycles. The smallest absolute Gasteiger partial charge is 0.176 e. The van der Waals surface area contributed by atoms with Crippen LogP contribution in [0.1, 0.15) is 10.4 Å². The van der Waals surface area contributed by atoms with Gasteiger partial charge in [-0.05, 0) is 7.05 Å². The Morgan fingerprint density at radius 3 is 2.50 bits per heavy atom. The summed E-state index contributed by atoms with van der Waals surface area (Å²) in [6, 6.07) is 6.91. The second-order valence-corrected chi connectivity index (χ2v) is 2.58. The number of rotatable bonds is 3. The van der Waals surface area contributed by atoms with E-state index >= 15 is 0 Å². The molecule has 0 atom stereocenters. The molecule has 0 fully saturated rings. The highest BCUT2D eigenvalue weighted by molar-refractivity contribution is 6.32. The summed E-state index contributed by atoms with van der Waals surface area (Å²) in [6.45, 7) is 0.365. The first kappa shape index (κ1) is 9.01. The van der Waals surface area contributed by atoms with Crippen molar-refractivity contribution >= 4 is 19.1 Å². The lowest BCUT2D eigenvalue weighted by Crippen LogP contribution is -2.18. The van der Waals surface area contributed by atoms with E-state index in [0.717, 1.165) is 0 Å². The quantitative estimate of drug-likeness (QED) is 0.492. The monoisotopic (exact) mass is 159 g/mol. The molecule has 0 aliphatic rings. The van der Waals surface area contributed by atoms with Crippen LogP contribution in [0, 0.1) is 0 Å². The molecule has 2 nitrogen and oxygen atoms in total. The van der Waals surface area contributed by atoms with Crippen LogP contribution in [0.15, 0.2) is 24.3 Å². The van der Waals surface area contributed by atoms with Crippen molar-refractivity contribution in [3.63, 3.8) is 0 Å². The minimum Gasteiger partial charge on any atom is -0.313 e. The zero-order valence-corrected chi connectivity index (χ0v) is 7.00. The van der Waals surface area contributed by atoms with Gasteiger partial charge in [0.05, 0.1) is 6.54 Å². The Labute approximate surface area is 73.4 Å². The molecule has 0 aliphatic heterocycles. The fourth-order valence-electron chi connectivity index (χ4n) is 0.932. The third kappa shape index (κ3) is 2.20. The van der Waals surface area contributed by atoms with E-state index in [9.17, 15) is 4.79 Å². The zero-order chi connectivity index (χ0) is 8.97. The van der Waals surface area contributed by atoms with Crippen molar-refractivity contribution in [2.24, 2.45) is 0 Å². The molecule has 2 radical (unpaired) electrons. The van der Waals surface area contributed by atoms with Crippen molar-refractivity contribution in [1.82, 2.24) is 5.32 Å². The van der Waals surface area contributed by atoms with Gasteiger partial charge in [-0.1, -0.05) is 29.7 Å². The van der Waals surface area contributed by atoms with Crippen LogP contribution >= 0.6 is 0 Å². The predicted octanol–water partition coefficient (Wildman–Crippen LogP) is -0.118. The van der Waals surface area contributed by atoms with Crippen LogP contribution < -0.4 is 10.8 Å². The number of ketones is 1. The van der Waals surface area contributed by atoms with Crippen LogP contribution in [0.2, 0.25) is 0 Å². The summed E-state index contributed by atoms with van der Waals surface area (Å²) in [5.74, 6) is 0.0810. The average Bonchev–Trinajstić information content (AvgIpc) is 2.06. The summed E-state index contributed by atoms with van der Waals surface area (Å²) in [5, 5.41) is 2.80. The fourth-order valence-corrected chi connectivity index (χ4v) is 0.932. The molecule has 12 heavy (non-hydrogen) atoms. The van der Waals surface area contributed by atoms with E-state index in [2.05, 4.69) is 5.32 Å². The lowest BCUT2D eigenvalue weighted by Gasteiger charge is -1.99. The summed E-state index contributed by atoms with van der Waals surface area (Å²) in [4.78, 5) is 11.3. The van der Waals surface area contributed by atoms with Gasteiger partial charge in [-0.2, -0.15) is 0 Å². The van der Waals surface area contributed by atoms with Gasteiger partial charge in [-0.25, -0.2) is 0 Å². The highest BCUT2D eigenvalue weighted by Crippen LogP contribution is 1.96. The van der Waals surface area contributed by atoms with E-state index in [1.807, 2.05) is 0 Å². The molecule has 0 amide bonds. The Hall–Kier alpha value is -1.09. The maximum atomic E-state index is 11.3. The Bertz CT molecular complexity index is 268. The highest BCUT2D eigenvalue weighted by atomic mass is 16.1. The van der Waals surface area contributed by atoms with Crippen LogP contribution in [0.4, 0.5) is 0 Å². The summed E-state index contributed by atoms with van der Waals surface area (Å²) in [7, 11) is 7.22. The van der Waals surface area contributed by atoms with Crippen molar-refractivity contribution < 1.29 is 4.79 Å². The van der Waals surface area contributed by atoms with Crippen LogP contribution in [0.5, 0.6) is 0 Å². The maximum absolute atomic E-state index is 11.3. The number of hydrogen-bond acceptors (Lipinski definition) is 2. The van der Waals surface area contributed by atoms with Crippen molar-refractivity contribution in [2.45, 2.75) is 0 Å². The number of nitrogens with one attached hydrogen (secondary N) is 1. The van der Waals surface area contributed by atoms with Gasteiger partial charge in [0, 0.05) is 5.56 Å². The second kappa shape index (κ2) is 4.07. The molecular formula is C9H10BNO. The number of carbonyl (C=O) groups is 1. The molecule has 3 heteroatoms. The van der Waals surface area contributed by atoms with Gasteiger partial charge in [0.2, 0.25) is 0 Å². The van der Waals surface area contributed by atoms with Crippen LogP contribution in [0.25, 0.3) is 0 Å². The molecule has 0 aliphatic carbocycles. The zero-order valence-electron chi connectivity index (χ0n) is 7.00. The predicted molar refractivity (Wildman–Crippen MR) is 50.1 cm³/mol. The van der Waals surface area contributed by atoms with Gasteiger partial charge < -0.3 is 5.32 Å². The van der Waals surface area contributed by atoms with E-state index in [-0.39, 0.29) is 5.78 Å². The van der Waals surface area contributed by atoms with Crippen molar-refractivity contribution in [1.29, 1.82) is 0 Å². The minimum absolute atomic E-state index is 0.0810. The SMILES string of the molecule is [B]c1ccc(C(=O)CNC)cc1. The second-order valence-electron chi connectivity index (χ2n) is 2.58. The third-order valence-corrected chi connectivity index (χ3v) is 1.57. The Kier molecular flexibility index (Phi) is 3.05. The van der Waals surface area contributed by atoms with Gasteiger partial charge in [-0.15, -0.1) is 0 Å². The molecule has 0 bridgehead atoms. The standard InChI is InChI=1S/C9H10BNO/c1-11-6-9(12)7-2-4-8(10)5-3-7/h2-5,11H,6H2,1H3. The first-order chi connectivity index (χ1) is 5.74. The molecule has 0 heterocycles. The molecular weight excluding hydrogens is 149 g/mol. The van der Waals surface area contributed by atoms with Crippen LogP contribution in [-0.2, 0) is 0 Å². The van der Waals surface area contributed by atoms with Crippen LogP contribution in [0.3, 0.4) is 0 Å². The Morgan fingerprint density at radius 2 is 2.00 bits per heavy atom. The fraction of sp³-hybridized carbons (Fsp3) is 0.222. The van der Waals surface area contributed by atoms with E-state index < -0.39 is 0 Å². The molecule has 0 unspecified atom stereocenters. The van der Waals surface area contributed by atoms with E-state index in [0.29, 0.717) is 17.6 Å². The first-order valence-corrected chi connectivity index (χ1v) is 3.77. The average molecular weight is 159 g/mol. The Morgan fingerprint density at radius 1 is 1.42 bits per heavy atom. The van der Waals surface area contributed by atoms with Crippen molar-refractivity contribution in [2.75, 3.05) is 13.6 Å². The molecule has 1 rings (SSSR count). The highest BCUT2D eigenvalue weighted by Gasteiger charge is 2.01. The van der Waals surface area contributed by atoms with Crippen LogP contribution in [-0.4, -0.2) is 27.2 Å². The first-order valence-electron chi connectivity index (χ1n) is 3.77. The maximum Gasteiger partial charge on any atom is 0.176 e. The topological polar surface area (TPSA) is 29.1 Å². The molecule has 1 N–H and O–H groups in total. The van der Waals surface area contributed by atoms with Gasteiger partial charge >= 0.3 is 0 Å². The third-order valence-electron chi connectivity index (χ3n) is 1.57. The van der Waals surface area contributed by atoms with Gasteiger partial charge in [0.15, 0.2) is 5.78 Å². The number of likely N-dealkylation sites (N-methyl/N-ethyl adjacent to an activating group) is 1. The molecule has 0 saturated carbocycles. The molecule has 0 saturated heterocycles. The van der Waals surface area contributed by atoms with Gasteiger partial charge in [0.1, 0.15) is 7.85 Å². The lowest BCUT2D eigenvalue weighted by atomic mass is 9.94. The van der Waals surface area contributed by atoms with E-state index in [4.69, 9.17) is 7.85 Å². The Balaban J connectivity index is 2.75. The normalized spacial score (nSPS) is 9.75. The largest absolute Gasteiger partial charge is 0.313 e.